The number of benzene rings is 1. The van der Waals surface area contributed by atoms with Crippen LogP contribution in [0.2, 0.25) is 0 Å². The molecule has 1 aliphatic heterocycles. The van der Waals surface area contributed by atoms with E-state index in [4.69, 9.17) is 4.74 Å². The molecule has 4 nitrogen and oxygen atoms in total. The van der Waals surface area contributed by atoms with Crippen LogP contribution in [-0.2, 0) is 0 Å². The summed E-state index contributed by atoms with van der Waals surface area (Å²) in [5, 5.41) is 4.46. The average molecular weight is 318 g/mol. The number of ether oxygens (including phenoxy) is 1. The van der Waals surface area contributed by atoms with Gasteiger partial charge in [-0.1, -0.05) is 0 Å². The van der Waals surface area contributed by atoms with Gasteiger partial charge >= 0.3 is 0 Å². The smallest absolute Gasteiger partial charge is 0.264 e. The first-order valence-electron chi connectivity index (χ1n) is 7.67. The molecule has 1 fully saturated rings. The molecule has 0 saturated carbocycles. The first kappa shape index (κ1) is 15.3. The molecule has 0 unspecified atom stereocenters. The van der Waals surface area contributed by atoms with Gasteiger partial charge in [0.15, 0.2) is 0 Å². The molecule has 1 aromatic carbocycles. The summed E-state index contributed by atoms with van der Waals surface area (Å²) < 4.78 is 6.43. The third-order valence-corrected chi connectivity index (χ3v) is 5.78. The fraction of sp³-hybridized carbons (Fsp3) is 0.471. The summed E-state index contributed by atoms with van der Waals surface area (Å²) in [7, 11) is 3.60. The van der Waals surface area contributed by atoms with Gasteiger partial charge in [-0.3, -0.25) is 4.79 Å². The van der Waals surface area contributed by atoms with E-state index in [1.165, 1.54) is 0 Å². The van der Waals surface area contributed by atoms with Crippen LogP contribution in [0.25, 0.3) is 10.1 Å². The van der Waals surface area contributed by atoms with E-state index in [9.17, 15) is 4.79 Å². The molecule has 0 radical (unpaired) electrons. The number of thiophene rings is 1. The second-order valence-corrected chi connectivity index (χ2v) is 6.87. The van der Waals surface area contributed by atoms with Crippen molar-refractivity contribution in [2.75, 3.05) is 27.2 Å². The van der Waals surface area contributed by atoms with Crippen molar-refractivity contribution in [3.63, 3.8) is 0 Å². The van der Waals surface area contributed by atoms with E-state index < -0.39 is 0 Å². The lowest BCUT2D eigenvalue weighted by Gasteiger charge is -2.31. The van der Waals surface area contributed by atoms with E-state index >= 15 is 0 Å². The maximum absolute atomic E-state index is 12.9. The number of aryl methyl sites for hydroxylation is 1. The van der Waals surface area contributed by atoms with E-state index in [-0.39, 0.29) is 5.91 Å². The zero-order valence-electron chi connectivity index (χ0n) is 13.3. The number of hydrogen-bond acceptors (Lipinski definition) is 4. The first-order chi connectivity index (χ1) is 10.6. The summed E-state index contributed by atoms with van der Waals surface area (Å²) in [6.45, 7) is 4.01. The lowest BCUT2D eigenvalue weighted by molar-refractivity contribution is 0.0707. The molecular weight excluding hydrogens is 296 g/mol. The highest BCUT2D eigenvalue weighted by atomic mass is 32.1. The maximum atomic E-state index is 12.9. The molecular formula is C17H22N2O2S. The zero-order valence-corrected chi connectivity index (χ0v) is 14.1. The van der Waals surface area contributed by atoms with Crippen molar-refractivity contribution in [1.29, 1.82) is 0 Å². The number of nitrogens with one attached hydrogen (secondary N) is 1. The van der Waals surface area contributed by atoms with Gasteiger partial charge in [-0.15, -0.1) is 11.3 Å². The number of amides is 1. The van der Waals surface area contributed by atoms with Crippen molar-refractivity contribution in [1.82, 2.24) is 10.2 Å². The van der Waals surface area contributed by atoms with Crippen molar-refractivity contribution >= 4 is 27.3 Å². The summed E-state index contributed by atoms with van der Waals surface area (Å²) in [6, 6.07) is 6.34. The van der Waals surface area contributed by atoms with Crippen LogP contribution in [0, 0.1) is 6.92 Å². The number of piperidine rings is 1. The van der Waals surface area contributed by atoms with E-state index in [0.29, 0.717) is 6.04 Å². The van der Waals surface area contributed by atoms with Crippen LogP contribution in [0.3, 0.4) is 0 Å². The number of carbonyl (C=O) groups is 1. The second-order valence-electron chi connectivity index (χ2n) is 5.82. The largest absolute Gasteiger partial charge is 0.497 e. The number of methoxy groups -OCH3 is 1. The molecule has 1 aliphatic rings. The number of fused-ring (bicyclic) bond motifs is 1. The minimum Gasteiger partial charge on any atom is -0.497 e. The zero-order chi connectivity index (χ0) is 15.7. The van der Waals surface area contributed by atoms with Crippen molar-refractivity contribution in [3.8, 4) is 5.75 Å². The van der Waals surface area contributed by atoms with E-state index in [1.54, 1.807) is 18.4 Å². The minimum absolute atomic E-state index is 0.143. The molecule has 22 heavy (non-hydrogen) atoms. The lowest BCUT2D eigenvalue weighted by Crippen LogP contribution is -2.43. The van der Waals surface area contributed by atoms with Crippen LogP contribution in [0.4, 0.5) is 0 Å². The van der Waals surface area contributed by atoms with Crippen molar-refractivity contribution in [3.05, 3.63) is 28.6 Å². The highest BCUT2D eigenvalue weighted by Gasteiger charge is 2.25. The van der Waals surface area contributed by atoms with E-state index in [2.05, 4.69) is 5.32 Å². The Morgan fingerprint density at radius 2 is 2.09 bits per heavy atom. The molecule has 1 aromatic heterocycles. The number of nitrogens with zero attached hydrogens (tertiary/aromatic N) is 1. The summed E-state index contributed by atoms with van der Waals surface area (Å²) in [4.78, 5) is 15.7. The van der Waals surface area contributed by atoms with Crippen LogP contribution >= 0.6 is 11.3 Å². The monoisotopic (exact) mass is 318 g/mol. The Morgan fingerprint density at radius 1 is 1.36 bits per heavy atom. The number of carbonyl (C=O) groups excluding carboxylic acids is 1. The molecule has 2 heterocycles. The standard InChI is InChI=1S/C17H22N2O2S/c1-11-14-10-13(21-3)4-5-15(14)22-16(11)17(20)19(2)12-6-8-18-9-7-12/h4-5,10,12,18H,6-9H2,1-3H3. The molecule has 0 aliphatic carbocycles. The minimum atomic E-state index is 0.143. The van der Waals surface area contributed by atoms with Crippen molar-refractivity contribution < 1.29 is 9.53 Å². The Labute approximate surface area is 135 Å². The van der Waals surface area contributed by atoms with Crippen LogP contribution in [0.5, 0.6) is 5.75 Å². The van der Waals surface area contributed by atoms with E-state index in [1.807, 2.05) is 37.1 Å². The van der Waals surface area contributed by atoms with Gasteiger partial charge in [0.05, 0.1) is 12.0 Å². The van der Waals surface area contributed by atoms with Crippen LogP contribution in [0.1, 0.15) is 28.1 Å². The van der Waals surface area contributed by atoms with Gasteiger partial charge in [0.1, 0.15) is 5.75 Å². The second kappa shape index (κ2) is 6.26. The Kier molecular flexibility index (Phi) is 4.36. The lowest BCUT2D eigenvalue weighted by atomic mass is 10.0. The number of rotatable bonds is 3. The molecule has 1 saturated heterocycles. The van der Waals surface area contributed by atoms with Gasteiger partial charge in [-0.25, -0.2) is 0 Å². The predicted octanol–water partition coefficient (Wildman–Crippen LogP) is 3.04. The maximum Gasteiger partial charge on any atom is 0.264 e. The molecule has 0 spiro atoms. The van der Waals surface area contributed by atoms with Crippen LogP contribution in [0.15, 0.2) is 18.2 Å². The molecule has 0 atom stereocenters. The molecule has 2 aromatic rings. The highest BCUT2D eigenvalue weighted by molar-refractivity contribution is 7.21. The highest BCUT2D eigenvalue weighted by Crippen LogP contribution is 2.34. The SMILES string of the molecule is COc1ccc2sc(C(=O)N(C)C3CCNCC3)c(C)c2c1. The van der Waals surface area contributed by atoms with Crippen LogP contribution in [-0.4, -0.2) is 44.1 Å². The molecule has 0 bridgehead atoms. The fourth-order valence-electron chi connectivity index (χ4n) is 3.05. The summed E-state index contributed by atoms with van der Waals surface area (Å²) in [6.07, 6.45) is 2.06. The Balaban J connectivity index is 1.91. The van der Waals surface area contributed by atoms with Gasteiger partial charge in [0.25, 0.3) is 5.91 Å². The summed E-state index contributed by atoms with van der Waals surface area (Å²) in [5.74, 6) is 0.976. The molecule has 3 rings (SSSR count). The van der Waals surface area contributed by atoms with Gasteiger partial charge in [0, 0.05) is 17.8 Å². The van der Waals surface area contributed by atoms with Gasteiger partial charge in [-0.2, -0.15) is 0 Å². The first-order valence-corrected chi connectivity index (χ1v) is 8.48. The third-order valence-electron chi connectivity index (χ3n) is 4.51. The third kappa shape index (κ3) is 2.71. The van der Waals surface area contributed by atoms with Crippen LogP contribution < -0.4 is 10.1 Å². The molecule has 1 N–H and O–H groups in total. The van der Waals surface area contributed by atoms with Crippen molar-refractivity contribution in [2.24, 2.45) is 0 Å². The topological polar surface area (TPSA) is 41.6 Å². The average Bonchev–Trinajstić information content (AvgIpc) is 2.90. The van der Waals surface area contributed by atoms with Gasteiger partial charge in [0.2, 0.25) is 0 Å². The Morgan fingerprint density at radius 3 is 2.77 bits per heavy atom. The van der Waals surface area contributed by atoms with E-state index in [0.717, 1.165) is 52.2 Å². The normalized spacial score (nSPS) is 16.0. The van der Waals surface area contributed by atoms with Crippen molar-refractivity contribution in [2.45, 2.75) is 25.8 Å². The summed E-state index contributed by atoms with van der Waals surface area (Å²) in [5.41, 5.74) is 1.06. The molecule has 1 amide bonds. The van der Waals surface area contributed by atoms with Gasteiger partial charge < -0.3 is 15.0 Å². The fourth-order valence-corrected chi connectivity index (χ4v) is 4.22. The number of hydrogen-bond donors (Lipinski definition) is 1. The quantitative estimate of drug-likeness (QED) is 0.946. The van der Waals surface area contributed by atoms with Gasteiger partial charge in [-0.05, 0) is 62.0 Å². The Bertz CT molecular complexity index is 689. The molecule has 118 valence electrons. The predicted molar refractivity (Wildman–Crippen MR) is 91.1 cm³/mol. The Hall–Kier alpha value is -1.59. The summed E-state index contributed by atoms with van der Waals surface area (Å²) >= 11 is 1.58. The molecule has 5 heteroatoms.